The number of hydrogen-bond acceptors (Lipinski definition) is 5. The molecular weight excluding hydrogens is 348 g/mol. The van der Waals surface area contributed by atoms with Crippen molar-refractivity contribution in [2.45, 2.75) is 26.5 Å². The predicted molar refractivity (Wildman–Crippen MR) is 98.7 cm³/mol. The number of rotatable bonds is 6. The molecule has 2 amide bonds. The van der Waals surface area contributed by atoms with Crippen LogP contribution >= 0.6 is 0 Å². The molecule has 1 fully saturated rings. The zero-order valence-electron chi connectivity index (χ0n) is 15.8. The Kier molecular flexibility index (Phi) is 5.63. The van der Waals surface area contributed by atoms with Crippen LogP contribution in [0.3, 0.4) is 0 Å². The second-order valence-electron chi connectivity index (χ2n) is 6.34. The minimum Gasteiger partial charge on any atom is -0.497 e. The fourth-order valence-electron chi connectivity index (χ4n) is 3.07. The number of piperazine rings is 1. The van der Waals surface area contributed by atoms with Crippen LogP contribution in [0.5, 0.6) is 11.5 Å². The van der Waals surface area contributed by atoms with Crippen molar-refractivity contribution in [3.63, 3.8) is 0 Å². The molecule has 144 valence electrons. The van der Waals surface area contributed by atoms with Crippen LogP contribution in [0.1, 0.15) is 30.0 Å². The number of nitrogens with one attached hydrogen (secondary N) is 1. The van der Waals surface area contributed by atoms with E-state index in [1.807, 2.05) is 25.1 Å². The third kappa shape index (κ3) is 4.05. The van der Waals surface area contributed by atoms with Gasteiger partial charge in [-0.05, 0) is 32.0 Å². The number of ether oxygens (including phenoxy) is 2. The lowest BCUT2D eigenvalue weighted by Gasteiger charge is -2.38. The van der Waals surface area contributed by atoms with E-state index in [2.05, 4.69) is 10.2 Å². The summed E-state index contributed by atoms with van der Waals surface area (Å²) < 4.78 is 10.9. The molecule has 27 heavy (non-hydrogen) atoms. The van der Waals surface area contributed by atoms with Crippen LogP contribution in [0, 0.1) is 0 Å². The maximum Gasteiger partial charge on any atom is 0.275 e. The van der Waals surface area contributed by atoms with Gasteiger partial charge < -0.3 is 19.3 Å². The van der Waals surface area contributed by atoms with Gasteiger partial charge in [-0.2, -0.15) is 5.10 Å². The standard InChI is InChI=1S/C19H24N4O4/c1-4-22-8-9-23(13(2)18(22)24)19(25)17-10-14(20-21-17)12-27-16-7-5-6-15(11-16)26-3/h5-7,10-11,13H,4,8-9,12H2,1-3H3,(H,20,21). The summed E-state index contributed by atoms with van der Waals surface area (Å²) in [7, 11) is 1.60. The van der Waals surface area contributed by atoms with Crippen molar-refractivity contribution < 1.29 is 19.1 Å². The van der Waals surface area contributed by atoms with Crippen LogP contribution in [-0.2, 0) is 11.4 Å². The average Bonchev–Trinajstić information content (AvgIpc) is 3.17. The number of amides is 2. The molecule has 8 nitrogen and oxygen atoms in total. The van der Waals surface area contributed by atoms with E-state index in [0.717, 1.165) is 0 Å². The molecule has 0 saturated carbocycles. The first-order chi connectivity index (χ1) is 13.0. The fraction of sp³-hybridized carbons (Fsp3) is 0.421. The highest BCUT2D eigenvalue weighted by Crippen LogP contribution is 2.20. The molecule has 2 aromatic rings. The monoisotopic (exact) mass is 372 g/mol. The first-order valence-electron chi connectivity index (χ1n) is 8.94. The van der Waals surface area contributed by atoms with Crippen molar-refractivity contribution in [2.75, 3.05) is 26.7 Å². The van der Waals surface area contributed by atoms with E-state index in [0.29, 0.717) is 36.8 Å². The number of H-pyrrole nitrogens is 1. The number of benzene rings is 1. The molecule has 0 aliphatic carbocycles. The van der Waals surface area contributed by atoms with Gasteiger partial charge in [-0.1, -0.05) is 6.07 Å². The summed E-state index contributed by atoms with van der Waals surface area (Å²) in [6, 6.07) is 8.45. The van der Waals surface area contributed by atoms with Gasteiger partial charge >= 0.3 is 0 Å². The van der Waals surface area contributed by atoms with E-state index >= 15 is 0 Å². The van der Waals surface area contributed by atoms with Crippen LogP contribution in [0.25, 0.3) is 0 Å². The largest absolute Gasteiger partial charge is 0.497 e. The van der Waals surface area contributed by atoms with E-state index in [1.165, 1.54) is 0 Å². The molecule has 1 unspecified atom stereocenters. The average molecular weight is 372 g/mol. The summed E-state index contributed by atoms with van der Waals surface area (Å²) in [6.07, 6.45) is 0. The lowest BCUT2D eigenvalue weighted by Crippen LogP contribution is -2.57. The summed E-state index contributed by atoms with van der Waals surface area (Å²) in [4.78, 5) is 28.4. The van der Waals surface area contributed by atoms with Gasteiger partial charge in [0, 0.05) is 25.7 Å². The maximum absolute atomic E-state index is 12.7. The smallest absolute Gasteiger partial charge is 0.275 e. The van der Waals surface area contributed by atoms with Gasteiger partial charge in [0.25, 0.3) is 5.91 Å². The molecule has 3 rings (SSSR count). The first-order valence-corrected chi connectivity index (χ1v) is 8.94. The number of carbonyl (C=O) groups excluding carboxylic acids is 2. The van der Waals surface area contributed by atoms with Gasteiger partial charge in [0.05, 0.1) is 12.8 Å². The molecule has 0 bridgehead atoms. The van der Waals surface area contributed by atoms with E-state index in [4.69, 9.17) is 9.47 Å². The van der Waals surface area contributed by atoms with Gasteiger partial charge in [0.15, 0.2) is 5.69 Å². The van der Waals surface area contributed by atoms with Gasteiger partial charge in [-0.3, -0.25) is 14.7 Å². The number of methoxy groups -OCH3 is 1. The predicted octanol–water partition coefficient (Wildman–Crippen LogP) is 1.69. The Labute approximate surface area is 158 Å². The Morgan fingerprint density at radius 1 is 1.30 bits per heavy atom. The SMILES string of the molecule is CCN1CCN(C(=O)c2cc(COc3cccc(OC)c3)[nH]n2)C(C)C1=O. The Hall–Kier alpha value is -3.03. The fourth-order valence-corrected chi connectivity index (χ4v) is 3.07. The van der Waals surface area contributed by atoms with Crippen molar-refractivity contribution in [3.05, 3.63) is 41.7 Å². The van der Waals surface area contributed by atoms with Crippen LogP contribution in [0.4, 0.5) is 0 Å². The molecule has 2 heterocycles. The Balaban J connectivity index is 1.63. The molecule has 1 N–H and O–H groups in total. The second-order valence-corrected chi connectivity index (χ2v) is 6.34. The molecule has 1 aromatic carbocycles. The Morgan fingerprint density at radius 3 is 2.81 bits per heavy atom. The highest BCUT2D eigenvalue weighted by molar-refractivity contribution is 5.96. The zero-order valence-corrected chi connectivity index (χ0v) is 15.8. The molecule has 1 saturated heterocycles. The number of hydrogen-bond donors (Lipinski definition) is 1. The Morgan fingerprint density at radius 2 is 2.07 bits per heavy atom. The minimum atomic E-state index is -0.487. The number of likely N-dealkylation sites (N-methyl/N-ethyl adjacent to an activating group) is 1. The highest BCUT2D eigenvalue weighted by atomic mass is 16.5. The molecule has 0 spiro atoms. The van der Waals surface area contributed by atoms with Crippen LogP contribution < -0.4 is 9.47 Å². The van der Waals surface area contributed by atoms with Crippen LogP contribution in [0.2, 0.25) is 0 Å². The van der Waals surface area contributed by atoms with Crippen molar-refractivity contribution >= 4 is 11.8 Å². The number of aromatic amines is 1. The van der Waals surface area contributed by atoms with Gasteiger partial charge in [0.1, 0.15) is 24.1 Å². The van der Waals surface area contributed by atoms with Crippen molar-refractivity contribution in [2.24, 2.45) is 0 Å². The molecule has 0 radical (unpaired) electrons. The second kappa shape index (κ2) is 8.11. The first kappa shape index (κ1) is 18.8. The minimum absolute atomic E-state index is 0.0331. The Bertz CT molecular complexity index is 820. The van der Waals surface area contributed by atoms with Crippen molar-refractivity contribution in [1.82, 2.24) is 20.0 Å². The topological polar surface area (TPSA) is 87.8 Å². The lowest BCUT2D eigenvalue weighted by molar-refractivity contribution is -0.139. The van der Waals surface area contributed by atoms with E-state index in [-0.39, 0.29) is 24.1 Å². The summed E-state index contributed by atoms with van der Waals surface area (Å²) in [5.41, 5.74) is 0.955. The van der Waals surface area contributed by atoms with E-state index in [9.17, 15) is 9.59 Å². The van der Waals surface area contributed by atoms with Gasteiger partial charge in [-0.25, -0.2) is 0 Å². The lowest BCUT2D eigenvalue weighted by atomic mass is 10.1. The molecule has 1 aliphatic heterocycles. The maximum atomic E-state index is 12.7. The van der Waals surface area contributed by atoms with Crippen molar-refractivity contribution in [1.29, 1.82) is 0 Å². The molecule has 1 aliphatic rings. The summed E-state index contributed by atoms with van der Waals surface area (Å²) in [5, 5.41) is 6.91. The third-order valence-corrected chi connectivity index (χ3v) is 4.68. The van der Waals surface area contributed by atoms with Crippen molar-refractivity contribution in [3.8, 4) is 11.5 Å². The normalized spacial score (nSPS) is 17.1. The number of carbonyl (C=O) groups is 2. The summed E-state index contributed by atoms with van der Waals surface area (Å²) in [5.74, 6) is 1.08. The molecule has 8 heteroatoms. The van der Waals surface area contributed by atoms with E-state index < -0.39 is 6.04 Å². The summed E-state index contributed by atoms with van der Waals surface area (Å²) in [6.45, 7) is 5.63. The van der Waals surface area contributed by atoms with Crippen LogP contribution in [0.15, 0.2) is 30.3 Å². The molecular formula is C19H24N4O4. The van der Waals surface area contributed by atoms with Gasteiger partial charge in [-0.15, -0.1) is 0 Å². The zero-order chi connectivity index (χ0) is 19.4. The molecule has 1 atom stereocenters. The summed E-state index contributed by atoms with van der Waals surface area (Å²) >= 11 is 0. The third-order valence-electron chi connectivity index (χ3n) is 4.68. The molecule has 1 aromatic heterocycles. The quantitative estimate of drug-likeness (QED) is 0.834. The number of nitrogens with zero attached hydrogens (tertiary/aromatic N) is 3. The number of aromatic nitrogens is 2. The van der Waals surface area contributed by atoms with E-state index in [1.54, 1.807) is 36.0 Å². The highest BCUT2D eigenvalue weighted by Gasteiger charge is 2.34. The van der Waals surface area contributed by atoms with Crippen LogP contribution in [-0.4, -0.2) is 64.6 Å². The van der Waals surface area contributed by atoms with Gasteiger partial charge in [0.2, 0.25) is 5.91 Å².